The van der Waals surface area contributed by atoms with E-state index >= 15 is 0 Å². The summed E-state index contributed by atoms with van der Waals surface area (Å²) in [6.07, 6.45) is 3.67. The van der Waals surface area contributed by atoms with Crippen LogP contribution in [-0.2, 0) is 9.53 Å². The lowest BCUT2D eigenvalue weighted by molar-refractivity contribution is -0.122. The summed E-state index contributed by atoms with van der Waals surface area (Å²) >= 11 is 12.0. The maximum Gasteiger partial charge on any atom is 0.230 e. The van der Waals surface area contributed by atoms with E-state index in [4.69, 9.17) is 27.9 Å². The molecule has 2 bridgehead atoms. The molecule has 0 spiro atoms. The van der Waals surface area contributed by atoms with Gasteiger partial charge in [-0.05, 0) is 53.6 Å². The molecule has 134 valence electrons. The molecular weight excluding hydrogens is 371 g/mol. The van der Waals surface area contributed by atoms with Crippen LogP contribution in [0.2, 0.25) is 10.0 Å². The van der Waals surface area contributed by atoms with Crippen molar-refractivity contribution in [1.29, 1.82) is 0 Å². The van der Waals surface area contributed by atoms with Gasteiger partial charge in [-0.15, -0.1) is 0 Å². The highest BCUT2D eigenvalue weighted by molar-refractivity contribution is 6.42. The minimum Gasteiger partial charge on any atom is -0.373 e. The van der Waals surface area contributed by atoms with Gasteiger partial charge < -0.3 is 10.1 Å². The lowest BCUT2D eigenvalue weighted by Gasteiger charge is -2.27. The Morgan fingerprint density at radius 2 is 1.81 bits per heavy atom. The number of aromatic nitrogens is 1. The smallest absolute Gasteiger partial charge is 0.230 e. The van der Waals surface area contributed by atoms with E-state index in [0.29, 0.717) is 33.5 Å². The van der Waals surface area contributed by atoms with E-state index in [1.807, 2.05) is 12.1 Å². The minimum atomic E-state index is -0.206. The highest BCUT2D eigenvalue weighted by atomic mass is 35.5. The zero-order chi connectivity index (χ0) is 18.0. The van der Waals surface area contributed by atoms with Gasteiger partial charge in [0.05, 0.1) is 28.2 Å². The maximum atomic E-state index is 13.2. The predicted octanol–water partition coefficient (Wildman–Crippen LogP) is 4.39. The molecule has 1 aliphatic carbocycles. The molecule has 5 rings (SSSR count). The number of nitrogens with one attached hydrogen (secondary N) is 1. The Kier molecular flexibility index (Phi) is 3.78. The van der Waals surface area contributed by atoms with E-state index in [1.54, 1.807) is 30.6 Å². The van der Waals surface area contributed by atoms with Crippen LogP contribution >= 0.6 is 23.2 Å². The maximum absolute atomic E-state index is 13.2. The van der Waals surface area contributed by atoms with Crippen LogP contribution < -0.4 is 5.32 Å². The third-order valence-electron chi connectivity index (χ3n) is 6.27. The number of carbonyl (C=O) groups excluding carboxylic acids is 1. The largest absolute Gasteiger partial charge is 0.373 e. The number of halogens is 2. The summed E-state index contributed by atoms with van der Waals surface area (Å²) in [6, 6.07) is 9.13. The van der Waals surface area contributed by atoms with Crippen LogP contribution in [0.25, 0.3) is 0 Å². The molecule has 7 atom stereocenters. The van der Waals surface area contributed by atoms with Crippen LogP contribution in [0.15, 0.2) is 42.7 Å². The Labute approximate surface area is 161 Å². The Balaban J connectivity index is 1.45. The summed E-state index contributed by atoms with van der Waals surface area (Å²) in [4.78, 5) is 17.3. The van der Waals surface area contributed by atoms with Crippen molar-refractivity contribution in [3.63, 3.8) is 0 Å². The first-order chi connectivity index (χ1) is 12.6. The summed E-state index contributed by atoms with van der Waals surface area (Å²) in [6.45, 7) is 2.26. The van der Waals surface area contributed by atoms with Gasteiger partial charge in [-0.25, -0.2) is 0 Å². The second-order valence-corrected chi connectivity index (χ2v) is 8.34. The number of fused-ring (bicyclic) bond motifs is 5. The molecule has 3 heterocycles. The third-order valence-corrected chi connectivity index (χ3v) is 7.01. The summed E-state index contributed by atoms with van der Waals surface area (Å²) in [5.41, 5.74) is 1.78. The zero-order valence-corrected chi connectivity index (χ0v) is 15.6. The van der Waals surface area contributed by atoms with Gasteiger partial charge in [0.25, 0.3) is 0 Å². The first kappa shape index (κ1) is 16.5. The fraction of sp³-hybridized carbons (Fsp3) is 0.400. The third kappa shape index (κ3) is 2.39. The molecule has 0 radical (unpaired) electrons. The summed E-state index contributed by atoms with van der Waals surface area (Å²) in [7, 11) is 0. The topological polar surface area (TPSA) is 51.2 Å². The molecule has 2 saturated heterocycles. The van der Waals surface area contributed by atoms with E-state index < -0.39 is 0 Å². The number of rotatable bonds is 3. The molecule has 2 aromatic rings. The Morgan fingerprint density at radius 1 is 1.08 bits per heavy atom. The van der Waals surface area contributed by atoms with Crippen molar-refractivity contribution in [3.8, 4) is 0 Å². The average Bonchev–Trinajstić information content (AvgIpc) is 3.02. The number of hydrogen-bond donors (Lipinski definition) is 1. The van der Waals surface area contributed by atoms with Crippen molar-refractivity contribution in [2.24, 2.45) is 23.7 Å². The molecule has 26 heavy (non-hydrogen) atoms. The predicted molar refractivity (Wildman–Crippen MR) is 100 cm³/mol. The molecule has 1 saturated carbocycles. The molecule has 2 unspecified atom stereocenters. The van der Waals surface area contributed by atoms with E-state index in [-0.39, 0.29) is 30.0 Å². The Hall–Kier alpha value is -1.62. The number of carbonyl (C=O) groups is 1. The van der Waals surface area contributed by atoms with Gasteiger partial charge in [0.15, 0.2) is 0 Å². The molecule has 3 fully saturated rings. The first-order valence-electron chi connectivity index (χ1n) is 8.87. The van der Waals surface area contributed by atoms with Gasteiger partial charge in [-0.3, -0.25) is 9.78 Å². The van der Waals surface area contributed by atoms with Gasteiger partial charge in [-0.1, -0.05) is 30.1 Å². The average molecular weight is 389 g/mol. The van der Waals surface area contributed by atoms with Crippen molar-refractivity contribution in [2.45, 2.75) is 25.0 Å². The zero-order valence-electron chi connectivity index (χ0n) is 14.1. The number of nitrogens with zero attached hydrogens (tertiary/aromatic N) is 1. The Bertz CT molecular complexity index is 875. The monoisotopic (exact) mass is 388 g/mol. The van der Waals surface area contributed by atoms with Gasteiger partial charge in [0.2, 0.25) is 5.91 Å². The van der Waals surface area contributed by atoms with Gasteiger partial charge in [0, 0.05) is 24.0 Å². The second kappa shape index (κ2) is 5.95. The number of benzene rings is 1. The molecule has 1 aromatic carbocycles. The number of pyridine rings is 1. The van der Waals surface area contributed by atoms with Crippen molar-refractivity contribution in [1.82, 2.24) is 4.98 Å². The standard InChI is InChI=1S/C20H18Cl2N2O2/c1-9-14-15(9)19-17(16(18(14)26-19)10-4-6-23-7-5-10)20(25)24-11-2-3-12(21)13(22)8-11/h2-9,14-19H,1H3,(H,24,25)/t9-,14?,15?,16-,17+,18+,19-/m1/s1. The van der Waals surface area contributed by atoms with Crippen LogP contribution in [-0.4, -0.2) is 23.1 Å². The van der Waals surface area contributed by atoms with Crippen molar-refractivity contribution in [2.75, 3.05) is 5.32 Å². The number of anilines is 1. The van der Waals surface area contributed by atoms with Crippen LogP contribution in [0.1, 0.15) is 18.4 Å². The van der Waals surface area contributed by atoms with Gasteiger partial charge >= 0.3 is 0 Å². The summed E-state index contributed by atoms with van der Waals surface area (Å²) in [5, 5.41) is 3.91. The van der Waals surface area contributed by atoms with Crippen molar-refractivity contribution < 1.29 is 9.53 Å². The molecular formula is C20H18Cl2N2O2. The summed E-state index contributed by atoms with van der Waals surface area (Å²) < 4.78 is 6.26. The number of ether oxygens (including phenoxy) is 1. The molecule has 3 aliphatic rings. The minimum absolute atomic E-state index is 0.0130. The highest BCUT2D eigenvalue weighted by Crippen LogP contribution is 2.68. The molecule has 1 aromatic heterocycles. The summed E-state index contributed by atoms with van der Waals surface area (Å²) in [5.74, 6) is 1.55. The lowest BCUT2D eigenvalue weighted by atomic mass is 9.75. The van der Waals surface area contributed by atoms with Crippen LogP contribution in [0.3, 0.4) is 0 Å². The second-order valence-electron chi connectivity index (χ2n) is 7.53. The molecule has 2 aliphatic heterocycles. The van der Waals surface area contributed by atoms with E-state index in [0.717, 1.165) is 5.56 Å². The first-order valence-corrected chi connectivity index (χ1v) is 9.63. The van der Waals surface area contributed by atoms with Crippen LogP contribution in [0.4, 0.5) is 5.69 Å². The van der Waals surface area contributed by atoms with Gasteiger partial charge in [-0.2, -0.15) is 0 Å². The van der Waals surface area contributed by atoms with Crippen LogP contribution in [0.5, 0.6) is 0 Å². The molecule has 4 nitrogen and oxygen atoms in total. The SMILES string of the molecule is C[C@H]1C2C1[C@@H]1O[C@H]2[C@@H](C(=O)Nc2ccc(Cl)c(Cl)c2)[C@H]1c1ccncc1. The van der Waals surface area contributed by atoms with Gasteiger partial charge in [0.1, 0.15) is 0 Å². The van der Waals surface area contributed by atoms with E-state index in [2.05, 4.69) is 17.2 Å². The number of amides is 1. The molecule has 1 amide bonds. The van der Waals surface area contributed by atoms with Crippen LogP contribution in [0, 0.1) is 23.7 Å². The highest BCUT2D eigenvalue weighted by Gasteiger charge is 2.72. The fourth-order valence-electron chi connectivity index (χ4n) is 5.08. The molecule has 1 N–H and O–H groups in total. The van der Waals surface area contributed by atoms with Crippen molar-refractivity contribution >= 4 is 34.8 Å². The normalized spacial score (nSPS) is 36.7. The fourth-order valence-corrected chi connectivity index (χ4v) is 5.37. The lowest BCUT2D eigenvalue weighted by Crippen LogP contribution is -2.37. The van der Waals surface area contributed by atoms with E-state index in [9.17, 15) is 4.79 Å². The Morgan fingerprint density at radius 3 is 2.54 bits per heavy atom. The molecule has 6 heteroatoms. The number of hydrogen-bond acceptors (Lipinski definition) is 3. The van der Waals surface area contributed by atoms with E-state index in [1.165, 1.54) is 0 Å². The van der Waals surface area contributed by atoms with Crippen molar-refractivity contribution in [3.05, 3.63) is 58.3 Å². The quantitative estimate of drug-likeness (QED) is 0.847.